The Hall–Kier alpha value is -1.43. The highest BCUT2D eigenvalue weighted by atomic mass is 16.6. The maximum absolute atomic E-state index is 9.98. The number of anilines is 1. The number of para-hydroxylation sites is 1. The number of ether oxygens (including phenoxy) is 2. The lowest BCUT2D eigenvalue weighted by Crippen LogP contribution is -2.10. The zero-order chi connectivity index (χ0) is 14.9. The highest BCUT2D eigenvalue weighted by Gasteiger charge is 2.21. The van der Waals surface area contributed by atoms with Crippen molar-refractivity contribution in [1.82, 2.24) is 0 Å². The summed E-state index contributed by atoms with van der Waals surface area (Å²) >= 11 is 0. The molecule has 1 aromatic rings. The van der Waals surface area contributed by atoms with Crippen LogP contribution in [0.25, 0.3) is 0 Å². The standard InChI is InChI=1S/C8H9N.C8H14O4/c1-2-4-8-7(3-1)5-6-9-8;9-4-7(10)2-1-3-11-5-8-6-12-8/h1-4,9H,5-6H2;4,7-8,10H,1-3,5-6H2. The molecule has 0 bridgehead atoms. The zero-order valence-electron chi connectivity index (χ0n) is 12.2. The second-order valence-electron chi connectivity index (χ2n) is 5.21. The van der Waals surface area contributed by atoms with Gasteiger partial charge < -0.3 is 24.7 Å². The van der Waals surface area contributed by atoms with Gasteiger partial charge in [0.15, 0.2) is 0 Å². The second-order valence-corrected chi connectivity index (χ2v) is 5.21. The summed E-state index contributed by atoms with van der Waals surface area (Å²) in [7, 11) is 0. The highest BCUT2D eigenvalue weighted by molar-refractivity contribution is 5.55. The van der Waals surface area contributed by atoms with Gasteiger partial charge in [0.05, 0.1) is 13.2 Å². The Bertz CT molecular complexity index is 411. The fraction of sp³-hybridized carbons (Fsp3) is 0.562. The first kappa shape index (κ1) is 15.9. The molecule has 0 saturated carbocycles. The third-order valence-corrected chi connectivity index (χ3v) is 3.38. The minimum atomic E-state index is -0.828. The van der Waals surface area contributed by atoms with E-state index in [2.05, 4.69) is 29.6 Å². The van der Waals surface area contributed by atoms with Crippen LogP contribution in [0, 0.1) is 0 Å². The van der Waals surface area contributed by atoms with Crippen molar-refractivity contribution in [2.24, 2.45) is 0 Å². The van der Waals surface area contributed by atoms with Gasteiger partial charge in [0.25, 0.3) is 0 Å². The van der Waals surface area contributed by atoms with Gasteiger partial charge in [-0.25, -0.2) is 0 Å². The smallest absolute Gasteiger partial charge is 0.148 e. The number of rotatable bonds is 7. The van der Waals surface area contributed by atoms with Crippen molar-refractivity contribution in [3.63, 3.8) is 0 Å². The van der Waals surface area contributed by atoms with Crippen molar-refractivity contribution < 1.29 is 19.4 Å². The van der Waals surface area contributed by atoms with E-state index < -0.39 is 6.10 Å². The number of fused-ring (bicyclic) bond motifs is 1. The van der Waals surface area contributed by atoms with Gasteiger partial charge in [-0.15, -0.1) is 0 Å². The van der Waals surface area contributed by atoms with Crippen LogP contribution in [0.3, 0.4) is 0 Å². The fourth-order valence-electron chi connectivity index (χ4n) is 2.08. The SMILES string of the molecule is O=CC(O)CCCOCC1CO1.c1ccc2c(c1)CCN2. The molecule has 3 rings (SSSR count). The summed E-state index contributed by atoms with van der Waals surface area (Å²) in [5, 5.41) is 12.1. The molecule has 2 heterocycles. The van der Waals surface area contributed by atoms with E-state index in [-0.39, 0.29) is 0 Å². The van der Waals surface area contributed by atoms with Crippen LogP contribution in [-0.2, 0) is 20.7 Å². The molecule has 1 aromatic carbocycles. The molecule has 0 aromatic heterocycles. The van der Waals surface area contributed by atoms with E-state index in [0.717, 1.165) is 13.2 Å². The molecule has 0 aliphatic carbocycles. The van der Waals surface area contributed by atoms with E-state index in [4.69, 9.17) is 14.6 Å². The van der Waals surface area contributed by atoms with Crippen molar-refractivity contribution in [3.05, 3.63) is 29.8 Å². The predicted molar refractivity (Wildman–Crippen MR) is 80.5 cm³/mol. The molecular formula is C16H23NO4. The van der Waals surface area contributed by atoms with Crippen LogP contribution >= 0.6 is 0 Å². The van der Waals surface area contributed by atoms with Crippen LogP contribution in [-0.4, -0.2) is 50.0 Å². The average Bonchev–Trinajstić information content (AvgIpc) is 3.22. The zero-order valence-corrected chi connectivity index (χ0v) is 12.2. The minimum Gasteiger partial charge on any atom is -0.386 e. The first-order valence-corrected chi connectivity index (χ1v) is 7.44. The number of epoxide rings is 1. The monoisotopic (exact) mass is 293 g/mol. The number of aliphatic hydroxyl groups excluding tert-OH is 1. The van der Waals surface area contributed by atoms with Gasteiger partial charge >= 0.3 is 0 Å². The Morgan fingerprint density at radius 1 is 1.48 bits per heavy atom. The Kier molecular flexibility index (Phi) is 6.66. The van der Waals surface area contributed by atoms with Gasteiger partial charge in [-0.1, -0.05) is 18.2 Å². The lowest BCUT2D eigenvalue weighted by atomic mass is 10.2. The van der Waals surface area contributed by atoms with E-state index >= 15 is 0 Å². The molecular weight excluding hydrogens is 270 g/mol. The summed E-state index contributed by atoms with van der Waals surface area (Å²) in [4.78, 5) is 9.98. The fourth-order valence-corrected chi connectivity index (χ4v) is 2.08. The molecule has 2 aliphatic rings. The number of benzene rings is 1. The first-order chi connectivity index (χ1) is 10.3. The largest absolute Gasteiger partial charge is 0.386 e. The lowest BCUT2D eigenvalue weighted by molar-refractivity contribution is -0.115. The van der Waals surface area contributed by atoms with Crippen LogP contribution < -0.4 is 5.32 Å². The molecule has 2 unspecified atom stereocenters. The number of aldehydes is 1. The van der Waals surface area contributed by atoms with E-state index in [0.29, 0.717) is 38.4 Å². The highest BCUT2D eigenvalue weighted by Crippen LogP contribution is 2.19. The Morgan fingerprint density at radius 2 is 2.29 bits per heavy atom. The van der Waals surface area contributed by atoms with Crippen LogP contribution in [0.1, 0.15) is 18.4 Å². The predicted octanol–water partition coefficient (Wildman–Crippen LogP) is 1.40. The maximum Gasteiger partial charge on any atom is 0.148 e. The van der Waals surface area contributed by atoms with Crippen molar-refractivity contribution in [2.75, 3.05) is 31.7 Å². The van der Waals surface area contributed by atoms with Crippen LogP contribution in [0.15, 0.2) is 24.3 Å². The summed E-state index contributed by atoms with van der Waals surface area (Å²) in [6, 6.07) is 8.46. The molecule has 0 radical (unpaired) electrons. The summed E-state index contributed by atoms with van der Waals surface area (Å²) in [5.41, 5.74) is 2.77. The molecule has 2 aliphatic heterocycles. The van der Waals surface area contributed by atoms with Crippen molar-refractivity contribution in [3.8, 4) is 0 Å². The van der Waals surface area contributed by atoms with Gasteiger partial charge in [-0.3, -0.25) is 0 Å². The Balaban J connectivity index is 0.000000159. The summed E-state index contributed by atoms with van der Waals surface area (Å²) in [6.07, 6.45) is 2.40. The maximum atomic E-state index is 9.98. The van der Waals surface area contributed by atoms with Gasteiger partial charge in [-0.05, 0) is 30.9 Å². The van der Waals surface area contributed by atoms with Gasteiger partial charge in [0.1, 0.15) is 18.5 Å². The molecule has 116 valence electrons. The topological polar surface area (TPSA) is 71.1 Å². The quantitative estimate of drug-likeness (QED) is 0.452. The van der Waals surface area contributed by atoms with E-state index in [1.165, 1.54) is 17.7 Å². The number of hydrogen-bond acceptors (Lipinski definition) is 5. The summed E-state index contributed by atoms with van der Waals surface area (Å²) in [5.74, 6) is 0. The number of carbonyl (C=O) groups is 1. The molecule has 1 saturated heterocycles. The van der Waals surface area contributed by atoms with Gasteiger partial charge in [-0.2, -0.15) is 0 Å². The molecule has 2 atom stereocenters. The number of nitrogens with one attached hydrogen (secondary N) is 1. The second kappa shape index (κ2) is 8.77. The average molecular weight is 293 g/mol. The number of aliphatic hydroxyl groups is 1. The van der Waals surface area contributed by atoms with Gasteiger partial charge in [0.2, 0.25) is 0 Å². The first-order valence-electron chi connectivity index (χ1n) is 7.44. The van der Waals surface area contributed by atoms with Crippen molar-refractivity contribution >= 4 is 12.0 Å². The normalized spacial score (nSPS) is 19.8. The van der Waals surface area contributed by atoms with E-state index in [9.17, 15) is 4.79 Å². The third kappa shape index (κ3) is 6.25. The molecule has 0 amide bonds. The molecule has 5 heteroatoms. The third-order valence-electron chi connectivity index (χ3n) is 3.38. The van der Waals surface area contributed by atoms with Crippen molar-refractivity contribution in [2.45, 2.75) is 31.5 Å². The number of hydrogen-bond donors (Lipinski definition) is 2. The molecule has 1 fully saturated rings. The van der Waals surface area contributed by atoms with E-state index in [1.54, 1.807) is 0 Å². The Labute approximate surface area is 125 Å². The molecule has 21 heavy (non-hydrogen) atoms. The van der Waals surface area contributed by atoms with E-state index in [1.807, 2.05) is 0 Å². The Morgan fingerprint density at radius 3 is 3.00 bits per heavy atom. The molecule has 0 spiro atoms. The number of carbonyl (C=O) groups excluding carboxylic acids is 1. The molecule has 2 N–H and O–H groups in total. The molecule has 5 nitrogen and oxygen atoms in total. The van der Waals surface area contributed by atoms with Crippen LogP contribution in [0.5, 0.6) is 0 Å². The van der Waals surface area contributed by atoms with Crippen LogP contribution in [0.4, 0.5) is 5.69 Å². The van der Waals surface area contributed by atoms with Crippen LogP contribution in [0.2, 0.25) is 0 Å². The minimum absolute atomic E-state index is 0.293. The summed E-state index contributed by atoms with van der Waals surface area (Å²) in [6.45, 7) is 3.14. The van der Waals surface area contributed by atoms with Crippen molar-refractivity contribution in [1.29, 1.82) is 0 Å². The van der Waals surface area contributed by atoms with Gasteiger partial charge in [0, 0.05) is 18.8 Å². The lowest BCUT2D eigenvalue weighted by Gasteiger charge is -2.02. The summed E-state index contributed by atoms with van der Waals surface area (Å²) < 4.78 is 10.1.